The number of ether oxygens (including phenoxy) is 1. The molecular formula is C17H19N3O2. The molecule has 1 aliphatic heterocycles. The molecule has 1 aromatic carbocycles. The summed E-state index contributed by atoms with van der Waals surface area (Å²) < 4.78 is 5.37. The van der Waals surface area contributed by atoms with Crippen LogP contribution >= 0.6 is 0 Å². The van der Waals surface area contributed by atoms with Gasteiger partial charge >= 0.3 is 0 Å². The molecule has 0 unspecified atom stereocenters. The summed E-state index contributed by atoms with van der Waals surface area (Å²) in [4.78, 5) is 17.9. The lowest BCUT2D eigenvalue weighted by Crippen LogP contribution is -2.35. The van der Waals surface area contributed by atoms with Crippen molar-refractivity contribution < 1.29 is 9.53 Å². The van der Waals surface area contributed by atoms with Gasteiger partial charge in [-0.3, -0.25) is 9.69 Å². The van der Waals surface area contributed by atoms with Gasteiger partial charge < -0.3 is 10.5 Å². The molecule has 5 heteroatoms. The van der Waals surface area contributed by atoms with Crippen molar-refractivity contribution >= 4 is 5.91 Å². The van der Waals surface area contributed by atoms with Gasteiger partial charge in [-0.05, 0) is 23.8 Å². The van der Waals surface area contributed by atoms with E-state index < -0.39 is 5.91 Å². The van der Waals surface area contributed by atoms with Crippen LogP contribution in [0.1, 0.15) is 16.1 Å². The van der Waals surface area contributed by atoms with Gasteiger partial charge in [-0.15, -0.1) is 0 Å². The first-order valence-corrected chi connectivity index (χ1v) is 7.38. The van der Waals surface area contributed by atoms with E-state index in [9.17, 15) is 4.79 Å². The van der Waals surface area contributed by atoms with Crippen LogP contribution in [0.15, 0.2) is 42.5 Å². The third-order valence-corrected chi connectivity index (χ3v) is 3.73. The summed E-state index contributed by atoms with van der Waals surface area (Å²) in [5, 5.41) is 0. The molecule has 1 fully saturated rings. The van der Waals surface area contributed by atoms with Crippen LogP contribution in [0.25, 0.3) is 11.3 Å². The molecule has 2 heterocycles. The lowest BCUT2D eigenvalue weighted by Gasteiger charge is -2.26. The number of rotatable bonds is 4. The summed E-state index contributed by atoms with van der Waals surface area (Å²) in [5.41, 5.74) is 8.57. The maximum absolute atomic E-state index is 11.3. The smallest absolute Gasteiger partial charge is 0.267 e. The zero-order valence-corrected chi connectivity index (χ0v) is 12.4. The van der Waals surface area contributed by atoms with Crippen molar-refractivity contribution in [3.05, 3.63) is 53.7 Å². The van der Waals surface area contributed by atoms with Crippen molar-refractivity contribution in [1.29, 1.82) is 0 Å². The van der Waals surface area contributed by atoms with E-state index in [1.54, 1.807) is 12.1 Å². The van der Waals surface area contributed by atoms with Gasteiger partial charge in [0.1, 0.15) is 5.69 Å². The quantitative estimate of drug-likeness (QED) is 0.932. The second-order valence-electron chi connectivity index (χ2n) is 5.36. The summed E-state index contributed by atoms with van der Waals surface area (Å²) in [6.45, 7) is 4.40. The van der Waals surface area contributed by atoms with E-state index in [0.29, 0.717) is 0 Å². The Morgan fingerprint density at radius 1 is 1.18 bits per heavy atom. The number of hydrogen-bond acceptors (Lipinski definition) is 4. The van der Waals surface area contributed by atoms with Crippen LogP contribution in [-0.2, 0) is 11.3 Å². The number of nitrogens with zero attached hydrogens (tertiary/aromatic N) is 2. The number of amides is 1. The summed E-state index contributed by atoms with van der Waals surface area (Å²) in [5.74, 6) is -0.508. The lowest BCUT2D eigenvalue weighted by atomic mass is 10.1. The highest BCUT2D eigenvalue weighted by Gasteiger charge is 2.11. The minimum atomic E-state index is -0.508. The second-order valence-corrected chi connectivity index (χ2v) is 5.36. The van der Waals surface area contributed by atoms with Crippen LogP contribution < -0.4 is 5.73 Å². The molecule has 2 N–H and O–H groups in total. The first-order chi connectivity index (χ1) is 10.7. The Kier molecular flexibility index (Phi) is 4.46. The van der Waals surface area contributed by atoms with Crippen LogP contribution in [0.2, 0.25) is 0 Å². The monoisotopic (exact) mass is 297 g/mol. The molecule has 114 valence electrons. The third kappa shape index (κ3) is 3.50. The van der Waals surface area contributed by atoms with Crippen molar-refractivity contribution in [2.24, 2.45) is 5.73 Å². The van der Waals surface area contributed by atoms with Gasteiger partial charge in [-0.2, -0.15) is 0 Å². The number of hydrogen-bond donors (Lipinski definition) is 1. The summed E-state index contributed by atoms with van der Waals surface area (Å²) in [7, 11) is 0. The Bertz CT molecular complexity index is 666. The Hall–Kier alpha value is -2.24. The van der Waals surface area contributed by atoms with Crippen LogP contribution in [0.3, 0.4) is 0 Å². The first-order valence-electron chi connectivity index (χ1n) is 7.38. The van der Waals surface area contributed by atoms with Crippen LogP contribution in [0.4, 0.5) is 0 Å². The van der Waals surface area contributed by atoms with Crippen LogP contribution in [0, 0.1) is 0 Å². The van der Waals surface area contributed by atoms with E-state index in [1.807, 2.05) is 18.2 Å². The SMILES string of the molecule is NC(=O)c1cccc(-c2cccc(CN3CCOCC3)c2)n1. The fourth-order valence-corrected chi connectivity index (χ4v) is 2.58. The van der Waals surface area contributed by atoms with Crippen molar-refractivity contribution in [2.45, 2.75) is 6.54 Å². The van der Waals surface area contributed by atoms with E-state index in [0.717, 1.165) is 44.1 Å². The van der Waals surface area contributed by atoms with Gasteiger partial charge in [0, 0.05) is 25.2 Å². The summed E-state index contributed by atoms with van der Waals surface area (Å²) >= 11 is 0. The van der Waals surface area contributed by atoms with Gasteiger partial charge in [0.15, 0.2) is 0 Å². The number of nitrogens with two attached hydrogens (primary N) is 1. The molecule has 1 aromatic heterocycles. The molecule has 22 heavy (non-hydrogen) atoms. The summed E-state index contributed by atoms with van der Waals surface area (Å²) in [6, 6.07) is 13.6. The second kappa shape index (κ2) is 6.68. The fraction of sp³-hybridized carbons (Fsp3) is 0.294. The zero-order valence-electron chi connectivity index (χ0n) is 12.4. The van der Waals surface area contributed by atoms with E-state index in [2.05, 4.69) is 22.0 Å². The molecule has 0 spiro atoms. The van der Waals surface area contributed by atoms with Crippen molar-refractivity contribution in [1.82, 2.24) is 9.88 Å². The third-order valence-electron chi connectivity index (χ3n) is 3.73. The summed E-state index contributed by atoms with van der Waals surface area (Å²) in [6.07, 6.45) is 0. The van der Waals surface area contributed by atoms with E-state index in [-0.39, 0.29) is 5.69 Å². The molecule has 0 saturated carbocycles. The number of primary amides is 1. The van der Waals surface area contributed by atoms with Gasteiger partial charge in [-0.25, -0.2) is 4.98 Å². The molecule has 3 rings (SSSR count). The highest BCUT2D eigenvalue weighted by molar-refractivity contribution is 5.91. The van der Waals surface area contributed by atoms with Gasteiger partial charge in [0.05, 0.1) is 18.9 Å². The number of carbonyl (C=O) groups excluding carboxylic acids is 1. The van der Waals surface area contributed by atoms with Crippen molar-refractivity contribution in [3.8, 4) is 11.3 Å². The topological polar surface area (TPSA) is 68.5 Å². The zero-order chi connectivity index (χ0) is 15.4. The molecule has 1 aliphatic rings. The Balaban J connectivity index is 1.81. The van der Waals surface area contributed by atoms with Crippen LogP contribution in [-0.4, -0.2) is 42.1 Å². The molecule has 1 saturated heterocycles. The number of aromatic nitrogens is 1. The molecule has 0 bridgehead atoms. The van der Waals surface area contributed by atoms with Gasteiger partial charge in [0.2, 0.25) is 0 Å². The average Bonchev–Trinajstić information content (AvgIpc) is 2.56. The first kappa shape index (κ1) is 14.7. The predicted octanol–water partition coefficient (Wildman–Crippen LogP) is 1.68. The molecule has 1 amide bonds. The number of morpholine rings is 1. The van der Waals surface area contributed by atoms with Crippen LogP contribution in [0.5, 0.6) is 0 Å². The highest BCUT2D eigenvalue weighted by atomic mass is 16.5. The number of pyridine rings is 1. The molecule has 0 radical (unpaired) electrons. The fourth-order valence-electron chi connectivity index (χ4n) is 2.58. The minimum absolute atomic E-state index is 0.288. The maximum Gasteiger partial charge on any atom is 0.267 e. The lowest BCUT2D eigenvalue weighted by molar-refractivity contribution is 0.0342. The molecule has 0 atom stereocenters. The van der Waals surface area contributed by atoms with E-state index in [4.69, 9.17) is 10.5 Å². The molecule has 2 aromatic rings. The molecule has 5 nitrogen and oxygen atoms in total. The van der Waals surface area contributed by atoms with E-state index >= 15 is 0 Å². The van der Waals surface area contributed by atoms with Gasteiger partial charge in [0.25, 0.3) is 5.91 Å². The Morgan fingerprint density at radius 2 is 1.95 bits per heavy atom. The van der Waals surface area contributed by atoms with Crippen molar-refractivity contribution in [2.75, 3.05) is 26.3 Å². The Morgan fingerprint density at radius 3 is 2.73 bits per heavy atom. The van der Waals surface area contributed by atoms with Crippen molar-refractivity contribution in [3.63, 3.8) is 0 Å². The highest BCUT2D eigenvalue weighted by Crippen LogP contribution is 2.20. The Labute approximate surface area is 129 Å². The average molecular weight is 297 g/mol. The van der Waals surface area contributed by atoms with Gasteiger partial charge in [-0.1, -0.05) is 24.3 Å². The number of carbonyl (C=O) groups is 1. The normalized spacial score (nSPS) is 15.6. The largest absolute Gasteiger partial charge is 0.379 e. The molecular weight excluding hydrogens is 278 g/mol. The molecule has 0 aliphatic carbocycles. The number of benzene rings is 1. The maximum atomic E-state index is 11.3. The predicted molar refractivity (Wildman–Crippen MR) is 84.3 cm³/mol. The minimum Gasteiger partial charge on any atom is -0.379 e. The van der Waals surface area contributed by atoms with E-state index in [1.165, 1.54) is 5.56 Å². The standard InChI is InChI=1S/C17H19N3O2/c18-17(21)16-6-2-5-15(19-16)14-4-1-3-13(11-14)12-20-7-9-22-10-8-20/h1-6,11H,7-10,12H2,(H2,18,21).